The van der Waals surface area contributed by atoms with E-state index < -0.39 is 22.3 Å². The fourth-order valence-corrected chi connectivity index (χ4v) is 3.05. The number of hydrogen-bond acceptors (Lipinski definition) is 6. The van der Waals surface area contributed by atoms with Crippen LogP contribution < -0.4 is 0 Å². The fourth-order valence-electron chi connectivity index (χ4n) is 2.21. The van der Waals surface area contributed by atoms with Gasteiger partial charge in [-0.1, -0.05) is 0 Å². The van der Waals surface area contributed by atoms with Crippen LogP contribution in [-0.2, 0) is 4.79 Å². The molecule has 0 spiro atoms. The first-order chi connectivity index (χ1) is 11.3. The normalized spacial score (nSPS) is 13.9. The fraction of sp³-hybridized carbons (Fsp3) is 0. The van der Waals surface area contributed by atoms with Crippen molar-refractivity contribution < 1.29 is 23.7 Å². The number of nitro groups is 1. The SMILES string of the molecule is O=C1C(=O)c2c(C(=O)c3ccc([N+](=O)[O-])cc3)coc2C(Br)=C1Br. The van der Waals surface area contributed by atoms with E-state index in [2.05, 4.69) is 31.9 Å². The Labute approximate surface area is 150 Å². The third-order valence-electron chi connectivity index (χ3n) is 3.40. The largest absolute Gasteiger partial charge is 0.462 e. The van der Waals surface area contributed by atoms with E-state index in [0.29, 0.717) is 0 Å². The van der Waals surface area contributed by atoms with Crippen LogP contribution in [0.5, 0.6) is 0 Å². The molecular formula is C15H5Br2NO6. The molecular weight excluding hydrogens is 450 g/mol. The molecule has 1 aliphatic rings. The number of Topliss-reactive ketones (excluding diaryl/α,β-unsaturated/α-hetero) is 2. The number of hydrogen-bond donors (Lipinski definition) is 0. The zero-order valence-electron chi connectivity index (χ0n) is 11.5. The number of halogens is 2. The van der Waals surface area contributed by atoms with Gasteiger partial charge in [-0.05, 0) is 44.0 Å². The van der Waals surface area contributed by atoms with Gasteiger partial charge in [0, 0.05) is 17.7 Å². The lowest BCUT2D eigenvalue weighted by molar-refractivity contribution is -0.384. The molecule has 7 nitrogen and oxygen atoms in total. The van der Waals surface area contributed by atoms with Crippen molar-refractivity contribution in [2.24, 2.45) is 0 Å². The first-order valence-corrected chi connectivity index (χ1v) is 7.96. The smallest absolute Gasteiger partial charge is 0.269 e. The Bertz CT molecular complexity index is 955. The Morgan fingerprint density at radius 2 is 1.67 bits per heavy atom. The lowest BCUT2D eigenvalue weighted by atomic mass is 9.94. The van der Waals surface area contributed by atoms with E-state index in [0.717, 1.165) is 6.26 Å². The molecule has 1 aliphatic carbocycles. The predicted octanol–water partition coefficient (Wildman–Crippen LogP) is 3.64. The number of allylic oxidation sites excluding steroid dienone is 1. The zero-order valence-corrected chi connectivity index (χ0v) is 14.7. The highest BCUT2D eigenvalue weighted by molar-refractivity contribution is 9.16. The van der Waals surface area contributed by atoms with E-state index in [9.17, 15) is 24.5 Å². The van der Waals surface area contributed by atoms with Crippen molar-refractivity contribution in [3.8, 4) is 0 Å². The monoisotopic (exact) mass is 453 g/mol. The number of ketones is 3. The quantitative estimate of drug-likeness (QED) is 0.303. The van der Waals surface area contributed by atoms with Crippen molar-refractivity contribution in [3.63, 3.8) is 0 Å². The molecule has 2 aromatic rings. The summed E-state index contributed by atoms with van der Waals surface area (Å²) in [5.41, 5.74) is -0.233. The van der Waals surface area contributed by atoms with Gasteiger partial charge in [-0.15, -0.1) is 0 Å². The first kappa shape index (κ1) is 16.5. The van der Waals surface area contributed by atoms with Gasteiger partial charge < -0.3 is 4.42 Å². The molecule has 1 heterocycles. The maximum atomic E-state index is 12.6. The summed E-state index contributed by atoms with van der Waals surface area (Å²) in [7, 11) is 0. The van der Waals surface area contributed by atoms with Crippen molar-refractivity contribution in [2.75, 3.05) is 0 Å². The minimum atomic E-state index is -0.862. The number of rotatable bonds is 3. The van der Waals surface area contributed by atoms with Crippen molar-refractivity contribution in [2.45, 2.75) is 0 Å². The van der Waals surface area contributed by atoms with Crippen LogP contribution in [0.25, 0.3) is 4.48 Å². The molecule has 3 rings (SSSR count). The number of benzene rings is 1. The lowest BCUT2D eigenvalue weighted by Crippen LogP contribution is -2.21. The van der Waals surface area contributed by atoms with E-state index in [4.69, 9.17) is 4.42 Å². The summed E-state index contributed by atoms with van der Waals surface area (Å²) >= 11 is 6.14. The average Bonchev–Trinajstić information content (AvgIpc) is 3.02. The highest BCUT2D eigenvalue weighted by Crippen LogP contribution is 2.39. The third kappa shape index (κ3) is 2.45. The Morgan fingerprint density at radius 1 is 1.04 bits per heavy atom. The van der Waals surface area contributed by atoms with Crippen LogP contribution >= 0.6 is 31.9 Å². The molecule has 0 unspecified atom stereocenters. The molecule has 0 saturated heterocycles. The molecule has 1 aromatic carbocycles. The van der Waals surface area contributed by atoms with Crippen molar-refractivity contribution >= 4 is 59.4 Å². The van der Waals surface area contributed by atoms with E-state index in [1.807, 2.05) is 0 Å². The Kier molecular flexibility index (Phi) is 4.06. The number of carbonyl (C=O) groups excluding carboxylic acids is 3. The Morgan fingerprint density at radius 3 is 2.25 bits per heavy atom. The van der Waals surface area contributed by atoms with Crippen LogP contribution in [0.2, 0.25) is 0 Å². The predicted molar refractivity (Wildman–Crippen MR) is 89.3 cm³/mol. The molecule has 0 saturated carbocycles. The Balaban J connectivity index is 2.08. The van der Waals surface area contributed by atoms with Crippen LogP contribution in [0.3, 0.4) is 0 Å². The molecule has 0 amide bonds. The van der Waals surface area contributed by atoms with Gasteiger partial charge >= 0.3 is 0 Å². The summed E-state index contributed by atoms with van der Waals surface area (Å²) in [6.45, 7) is 0. The Hall–Kier alpha value is -2.39. The highest BCUT2D eigenvalue weighted by atomic mass is 79.9. The van der Waals surface area contributed by atoms with Gasteiger partial charge in [-0.3, -0.25) is 24.5 Å². The average molecular weight is 455 g/mol. The maximum absolute atomic E-state index is 12.6. The maximum Gasteiger partial charge on any atom is 0.269 e. The van der Waals surface area contributed by atoms with Crippen LogP contribution in [-0.4, -0.2) is 22.3 Å². The molecule has 24 heavy (non-hydrogen) atoms. The summed E-state index contributed by atoms with van der Waals surface area (Å²) < 4.78 is 5.51. The van der Waals surface area contributed by atoms with Crippen LogP contribution in [0.15, 0.2) is 39.4 Å². The van der Waals surface area contributed by atoms with Crippen molar-refractivity contribution in [3.05, 3.63) is 67.6 Å². The molecule has 0 N–H and O–H groups in total. The van der Waals surface area contributed by atoms with E-state index in [-0.39, 0.29) is 37.1 Å². The van der Waals surface area contributed by atoms with Crippen LogP contribution in [0, 0.1) is 10.1 Å². The second kappa shape index (κ2) is 5.91. The molecule has 1 aromatic heterocycles. The summed E-state index contributed by atoms with van der Waals surface area (Å²) in [6, 6.07) is 4.91. The van der Waals surface area contributed by atoms with E-state index in [1.165, 1.54) is 24.3 Å². The standard InChI is InChI=1S/C15H5Br2NO6/c16-10-11(17)15-9(13(20)14(10)21)8(5-24-15)12(19)6-1-3-7(4-2-6)18(22)23/h1-5H. The zero-order chi connectivity index (χ0) is 17.6. The number of furan rings is 1. The summed E-state index contributed by atoms with van der Waals surface area (Å²) in [5, 5.41) is 10.7. The third-order valence-corrected chi connectivity index (χ3v) is 5.45. The van der Waals surface area contributed by atoms with Gasteiger partial charge in [-0.25, -0.2) is 0 Å². The molecule has 0 fully saturated rings. The molecule has 9 heteroatoms. The van der Waals surface area contributed by atoms with E-state index >= 15 is 0 Å². The number of non-ortho nitro benzene ring substituents is 1. The highest BCUT2D eigenvalue weighted by Gasteiger charge is 2.37. The molecule has 0 radical (unpaired) electrons. The van der Waals surface area contributed by atoms with Crippen LogP contribution in [0.1, 0.15) is 32.0 Å². The van der Waals surface area contributed by atoms with Gasteiger partial charge in [0.25, 0.3) is 5.69 Å². The summed E-state index contributed by atoms with van der Waals surface area (Å²) in [4.78, 5) is 46.7. The molecule has 0 bridgehead atoms. The van der Waals surface area contributed by atoms with Crippen LogP contribution in [0.4, 0.5) is 5.69 Å². The second-order valence-electron chi connectivity index (χ2n) is 4.77. The number of fused-ring (bicyclic) bond motifs is 1. The molecule has 0 atom stereocenters. The minimum Gasteiger partial charge on any atom is -0.462 e. The topological polar surface area (TPSA) is 107 Å². The van der Waals surface area contributed by atoms with Crippen molar-refractivity contribution in [1.29, 1.82) is 0 Å². The number of carbonyl (C=O) groups is 3. The van der Waals surface area contributed by atoms with Crippen molar-refractivity contribution in [1.82, 2.24) is 0 Å². The van der Waals surface area contributed by atoms with Gasteiger partial charge in [0.15, 0.2) is 11.5 Å². The number of nitrogens with zero attached hydrogens (tertiary/aromatic N) is 1. The van der Waals surface area contributed by atoms with Gasteiger partial charge in [-0.2, -0.15) is 0 Å². The van der Waals surface area contributed by atoms with E-state index in [1.54, 1.807) is 0 Å². The summed E-state index contributed by atoms with van der Waals surface area (Å²) in [6.07, 6.45) is 1.09. The van der Waals surface area contributed by atoms with Gasteiger partial charge in [0.05, 0.1) is 25.0 Å². The summed E-state index contributed by atoms with van der Waals surface area (Å²) in [5.74, 6) is -2.15. The second-order valence-corrected chi connectivity index (χ2v) is 6.36. The number of nitro benzene ring substituents is 1. The van der Waals surface area contributed by atoms with Gasteiger partial charge in [0.1, 0.15) is 6.26 Å². The van der Waals surface area contributed by atoms with Gasteiger partial charge in [0.2, 0.25) is 11.6 Å². The lowest BCUT2D eigenvalue weighted by Gasteiger charge is -2.10. The first-order valence-electron chi connectivity index (χ1n) is 6.38. The molecule has 0 aliphatic heterocycles. The molecule has 120 valence electrons. The minimum absolute atomic E-state index is 0.0173.